The van der Waals surface area contributed by atoms with Crippen molar-refractivity contribution in [2.45, 2.75) is 116 Å². The Morgan fingerprint density at radius 3 is 0.524 bits per heavy atom. The first-order valence-corrected chi connectivity index (χ1v) is 46.5. The maximum Gasteiger partial charge on any atom is 0.515 e. The second kappa shape index (κ2) is 25.3. The van der Waals surface area contributed by atoms with Gasteiger partial charge in [-0.2, -0.15) is 0 Å². The van der Waals surface area contributed by atoms with Gasteiger partial charge in [-0.25, -0.2) is 0 Å². The van der Waals surface area contributed by atoms with Crippen LogP contribution in [0.4, 0.5) is 0 Å². The molecule has 3 aliphatic rings. The van der Waals surface area contributed by atoms with Crippen LogP contribution in [0.1, 0.15) is 83.1 Å². The predicted molar refractivity (Wildman–Crippen MR) is 348 cm³/mol. The van der Waals surface area contributed by atoms with Crippen molar-refractivity contribution in [1.82, 2.24) is 0 Å². The van der Waals surface area contributed by atoms with Gasteiger partial charge < -0.3 is 49.4 Å². The molecule has 3 saturated heterocycles. The standard InChI is InChI=1S/C60H80O12Si10/c1-48(2)73(49(3)4)61-76(54-34-20-13-21-35-54)64-79(57-40-26-16-27-41-57)66-77(55-36-22-14-23-37-55,62-74(50(5)6)51(7)8)68-81(59-44-30-18-31-45-59)69-78(56-38-24-15-25-39-56,63-75(52(9)10)53(11)12)67-80(65-76,58-42-28-17-29-43-58)71-82(70-79,72-81)60-46-32-19-33-47-60/h13-53,73-75H,1-12H3. The first kappa shape index (κ1) is 61.3. The second-order valence-corrected chi connectivity index (χ2v) is 56.4. The Hall–Kier alpha value is -3.77. The van der Waals surface area contributed by atoms with Crippen LogP contribution in [0.2, 0.25) is 33.2 Å². The summed E-state index contributed by atoms with van der Waals surface area (Å²) in [6.45, 7) is 26.8. The molecule has 3 fully saturated rings. The fourth-order valence-electron chi connectivity index (χ4n) is 11.5. The van der Waals surface area contributed by atoms with E-state index in [-0.39, 0.29) is 33.2 Å². The molecule has 0 unspecified atom stereocenters. The Labute approximate surface area is 499 Å². The van der Waals surface area contributed by atoms with Crippen LogP contribution in [0.5, 0.6) is 0 Å². The van der Waals surface area contributed by atoms with Crippen molar-refractivity contribution in [3.8, 4) is 0 Å². The highest BCUT2D eigenvalue weighted by atomic mass is 28.6. The Kier molecular flexibility index (Phi) is 18.9. The summed E-state index contributed by atoms with van der Waals surface area (Å²) in [7, 11) is -41.2. The van der Waals surface area contributed by atoms with Gasteiger partial charge in [0.05, 0.1) is 0 Å². The highest BCUT2D eigenvalue weighted by Crippen LogP contribution is 2.45. The Balaban J connectivity index is 1.48. The molecular weight excluding hydrogens is 1190 g/mol. The molecule has 82 heavy (non-hydrogen) atoms. The summed E-state index contributed by atoms with van der Waals surface area (Å²) in [5.41, 5.74) is 0.627. The molecule has 0 saturated carbocycles. The molecule has 3 aliphatic heterocycles. The highest BCUT2D eigenvalue weighted by molar-refractivity contribution is 7.11. The molecule has 12 nitrogen and oxygen atoms in total. The van der Waals surface area contributed by atoms with E-state index in [1.165, 1.54) is 0 Å². The molecule has 3 heterocycles. The summed E-state index contributed by atoms with van der Waals surface area (Å²) in [5, 5.41) is 4.50. The van der Waals surface area contributed by atoms with E-state index in [1.807, 2.05) is 212 Å². The monoisotopic (exact) mass is 1270 g/mol. The molecule has 4 bridgehead atoms. The molecule has 0 aromatic heterocycles. The number of rotatable bonds is 19. The van der Waals surface area contributed by atoms with Gasteiger partial charge in [-0.1, -0.05) is 295 Å². The average molecular weight is 1270 g/mol. The molecule has 22 heteroatoms. The van der Waals surface area contributed by atoms with E-state index in [1.54, 1.807) is 0 Å². The molecular formula is C60H80O12Si10. The number of benzene rings is 7. The van der Waals surface area contributed by atoms with E-state index in [0.717, 1.165) is 0 Å². The lowest BCUT2D eigenvalue weighted by molar-refractivity contribution is 0.0383. The van der Waals surface area contributed by atoms with Crippen molar-refractivity contribution < 1.29 is 49.4 Å². The van der Waals surface area contributed by atoms with Crippen LogP contribution in [-0.4, -0.2) is 88.8 Å². The van der Waals surface area contributed by atoms with E-state index in [2.05, 4.69) is 83.1 Å². The van der Waals surface area contributed by atoms with Crippen LogP contribution in [0.15, 0.2) is 212 Å². The van der Waals surface area contributed by atoms with Crippen LogP contribution in [0, 0.1) is 0 Å². The van der Waals surface area contributed by atoms with Gasteiger partial charge in [0.25, 0.3) is 0 Å². The Morgan fingerprint density at radius 1 is 0.220 bits per heavy atom. The van der Waals surface area contributed by atoms with E-state index in [4.69, 9.17) is 49.4 Å². The molecule has 432 valence electrons. The quantitative estimate of drug-likeness (QED) is 0.0723. The summed E-state index contributed by atoms with van der Waals surface area (Å²) in [4.78, 5) is 0. The minimum Gasteiger partial charge on any atom is -0.415 e. The molecule has 0 aliphatic carbocycles. The van der Waals surface area contributed by atoms with Gasteiger partial charge in [0, 0.05) is 36.3 Å². The summed E-state index contributed by atoms with van der Waals surface area (Å²) in [6, 6.07) is 70.2. The zero-order valence-electron chi connectivity index (χ0n) is 49.3. The average Bonchev–Trinajstić information content (AvgIpc) is 1.16. The van der Waals surface area contributed by atoms with Gasteiger partial charge in [-0.05, 0) is 33.2 Å². The zero-order chi connectivity index (χ0) is 58.0. The van der Waals surface area contributed by atoms with Crippen LogP contribution >= 0.6 is 0 Å². The molecule has 7 aromatic rings. The first-order chi connectivity index (χ1) is 39.3. The van der Waals surface area contributed by atoms with Crippen LogP contribution in [-0.2, 0) is 49.4 Å². The van der Waals surface area contributed by atoms with Crippen LogP contribution in [0.25, 0.3) is 0 Å². The van der Waals surface area contributed by atoms with Gasteiger partial charge in [0.15, 0.2) is 27.1 Å². The van der Waals surface area contributed by atoms with Gasteiger partial charge in [-0.15, -0.1) is 0 Å². The Morgan fingerprint density at radius 2 is 0.366 bits per heavy atom. The number of fused-ring (bicyclic) bond motifs is 3. The van der Waals surface area contributed by atoms with Crippen molar-refractivity contribution in [1.29, 1.82) is 0 Å². The molecule has 7 aromatic carbocycles. The summed E-state index contributed by atoms with van der Waals surface area (Å²) >= 11 is 0. The number of hydrogen-bond acceptors (Lipinski definition) is 12. The van der Waals surface area contributed by atoms with Crippen molar-refractivity contribution >= 4 is 125 Å². The van der Waals surface area contributed by atoms with Gasteiger partial charge >= 0.3 is 61.6 Å². The summed E-state index contributed by atoms with van der Waals surface area (Å²) in [5.74, 6) is 0. The molecule has 10 rings (SSSR count). The fourth-order valence-corrected chi connectivity index (χ4v) is 65.9. The minimum absolute atomic E-state index is 0.105. The first-order valence-electron chi connectivity index (χ1n) is 29.0. The van der Waals surface area contributed by atoms with Crippen LogP contribution in [0.3, 0.4) is 0 Å². The molecule has 0 spiro atoms. The van der Waals surface area contributed by atoms with Gasteiger partial charge in [0.2, 0.25) is 0 Å². The number of hydrogen-bond donors (Lipinski definition) is 0. The van der Waals surface area contributed by atoms with Crippen molar-refractivity contribution in [3.63, 3.8) is 0 Å². The fraction of sp³-hybridized carbons (Fsp3) is 0.300. The third kappa shape index (κ3) is 12.3. The molecule has 0 amide bonds. The third-order valence-electron chi connectivity index (χ3n) is 15.1. The zero-order valence-corrected chi connectivity index (χ0v) is 59.8. The maximum absolute atomic E-state index is 8.61. The van der Waals surface area contributed by atoms with E-state index >= 15 is 0 Å². The van der Waals surface area contributed by atoms with Crippen molar-refractivity contribution in [2.24, 2.45) is 0 Å². The normalized spacial score (nSPS) is 27.8. The maximum atomic E-state index is 8.61. The molecule has 0 atom stereocenters. The Bertz CT molecular complexity index is 2800. The second-order valence-electron chi connectivity index (χ2n) is 23.6. The molecule has 0 N–H and O–H groups in total. The minimum atomic E-state index is -4.91. The van der Waals surface area contributed by atoms with Gasteiger partial charge in [0.1, 0.15) is 0 Å². The third-order valence-corrected chi connectivity index (χ3v) is 56.6. The smallest absolute Gasteiger partial charge is 0.415 e. The SMILES string of the molecule is CC(C)[SiH](O[Si]1(c2ccccc2)O[Si]2(c3ccccc3)O[Si](O[SiH](C(C)C)C(C)C)(c3ccccc3)O[Si]3(c4ccccc4)O[Si](O[SiH](C(C)C)C(C)C)(c4ccccc4)O[Si](c4ccccc4)(O1)O[Si](c1ccccc1)(O2)O3)C(C)C. The largest absolute Gasteiger partial charge is 0.515 e. The molecule has 0 radical (unpaired) electrons. The van der Waals surface area contributed by atoms with Crippen molar-refractivity contribution in [2.75, 3.05) is 0 Å². The lowest BCUT2D eigenvalue weighted by atomic mass is 10.4. The van der Waals surface area contributed by atoms with Crippen LogP contribution < -0.4 is 36.3 Å². The van der Waals surface area contributed by atoms with E-state index in [0.29, 0.717) is 36.3 Å². The predicted octanol–water partition coefficient (Wildman–Crippen LogP) is 8.78. The topological polar surface area (TPSA) is 111 Å². The summed E-state index contributed by atoms with van der Waals surface area (Å²) in [6.07, 6.45) is 0. The van der Waals surface area contributed by atoms with E-state index < -0.39 is 88.8 Å². The summed E-state index contributed by atoms with van der Waals surface area (Å²) < 4.78 is 102. The van der Waals surface area contributed by atoms with Gasteiger partial charge in [-0.3, -0.25) is 0 Å². The lowest BCUT2D eigenvalue weighted by Gasteiger charge is -2.58. The highest BCUT2D eigenvalue weighted by Gasteiger charge is 2.81. The van der Waals surface area contributed by atoms with E-state index in [9.17, 15) is 0 Å². The lowest BCUT2D eigenvalue weighted by Crippen LogP contribution is -2.91. The van der Waals surface area contributed by atoms with Crippen molar-refractivity contribution in [3.05, 3.63) is 212 Å².